The highest BCUT2D eigenvalue weighted by Crippen LogP contribution is 2.18. The van der Waals surface area contributed by atoms with E-state index in [1.54, 1.807) is 11.3 Å². The van der Waals surface area contributed by atoms with Crippen LogP contribution in [0, 0.1) is 5.92 Å². The fraction of sp³-hybridized carbons (Fsp3) is 0.389. The van der Waals surface area contributed by atoms with Gasteiger partial charge in [0, 0.05) is 19.6 Å². The maximum atomic E-state index is 11.9. The first-order valence-corrected chi connectivity index (χ1v) is 8.78. The van der Waals surface area contributed by atoms with E-state index in [2.05, 4.69) is 40.5 Å². The lowest BCUT2D eigenvalue weighted by Gasteiger charge is -2.16. The molecule has 4 heteroatoms. The normalized spacial score (nSPS) is 18.5. The van der Waals surface area contributed by atoms with Crippen LogP contribution in [0.4, 0.5) is 0 Å². The zero-order valence-corrected chi connectivity index (χ0v) is 13.5. The van der Waals surface area contributed by atoms with E-state index in [0.717, 1.165) is 31.7 Å². The van der Waals surface area contributed by atoms with E-state index >= 15 is 0 Å². The Kier molecular flexibility index (Phi) is 5.24. The maximum absolute atomic E-state index is 11.9. The molecule has 0 spiro atoms. The number of rotatable bonds is 6. The fourth-order valence-electron chi connectivity index (χ4n) is 2.96. The van der Waals surface area contributed by atoms with Gasteiger partial charge in [-0.15, -0.1) is 0 Å². The minimum absolute atomic E-state index is 0.139. The van der Waals surface area contributed by atoms with Crippen LogP contribution in [-0.2, 0) is 17.8 Å². The third-order valence-electron chi connectivity index (χ3n) is 4.15. The summed E-state index contributed by atoms with van der Waals surface area (Å²) in [5, 5.41) is 7.14. The molecule has 0 bridgehead atoms. The summed E-state index contributed by atoms with van der Waals surface area (Å²) in [7, 11) is 0. The quantitative estimate of drug-likeness (QED) is 0.889. The first kappa shape index (κ1) is 15.3. The number of hydrogen-bond donors (Lipinski definition) is 1. The van der Waals surface area contributed by atoms with E-state index < -0.39 is 0 Å². The Bertz CT molecular complexity index is 582. The first-order valence-electron chi connectivity index (χ1n) is 7.83. The second-order valence-corrected chi connectivity index (χ2v) is 6.77. The van der Waals surface area contributed by atoms with Crippen molar-refractivity contribution in [1.82, 2.24) is 10.2 Å². The van der Waals surface area contributed by atoms with Crippen molar-refractivity contribution in [2.75, 3.05) is 19.6 Å². The van der Waals surface area contributed by atoms with Gasteiger partial charge in [-0.25, -0.2) is 0 Å². The van der Waals surface area contributed by atoms with Gasteiger partial charge in [0.15, 0.2) is 0 Å². The molecule has 0 saturated carbocycles. The zero-order valence-electron chi connectivity index (χ0n) is 12.7. The Morgan fingerprint density at radius 2 is 2.09 bits per heavy atom. The molecule has 116 valence electrons. The maximum Gasteiger partial charge on any atom is 0.224 e. The first-order chi connectivity index (χ1) is 10.8. The van der Waals surface area contributed by atoms with Crippen LogP contribution in [-0.4, -0.2) is 30.4 Å². The lowest BCUT2D eigenvalue weighted by Crippen LogP contribution is -2.31. The monoisotopic (exact) mass is 314 g/mol. The summed E-state index contributed by atoms with van der Waals surface area (Å²) >= 11 is 1.64. The van der Waals surface area contributed by atoms with Gasteiger partial charge in [-0.3, -0.25) is 9.69 Å². The van der Waals surface area contributed by atoms with Crippen LogP contribution in [0.25, 0.3) is 0 Å². The molecule has 3 nitrogen and oxygen atoms in total. The Labute approximate surface area is 136 Å². The summed E-state index contributed by atoms with van der Waals surface area (Å²) in [6.45, 7) is 4.02. The number of hydrogen-bond acceptors (Lipinski definition) is 3. The predicted octanol–water partition coefficient (Wildman–Crippen LogP) is 2.93. The van der Waals surface area contributed by atoms with E-state index in [9.17, 15) is 4.79 Å². The van der Waals surface area contributed by atoms with Crippen LogP contribution in [0.15, 0.2) is 47.2 Å². The summed E-state index contributed by atoms with van der Waals surface area (Å²) < 4.78 is 0. The number of nitrogens with one attached hydrogen (secondary N) is 1. The Hall–Kier alpha value is -1.65. The van der Waals surface area contributed by atoms with Crippen LogP contribution in [0.2, 0.25) is 0 Å². The van der Waals surface area contributed by atoms with E-state index in [4.69, 9.17) is 0 Å². The van der Waals surface area contributed by atoms with Gasteiger partial charge in [-0.2, -0.15) is 11.3 Å². The van der Waals surface area contributed by atoms with E-state index in [1.807, 2.05) is 16.8 Å². The third-order valence-corrected chi connectivity index (χ3v) is 4.88. The molecule has 0 radical (unpaired) electrons. The van der Waals surface area contributed by atoms with Crippen molar-refractivity contribution in [3.8, 4) is 0 Å². The van der Waals surface area contributed by atoms with E-state index in [1.165, 1.54) is 12.0 Å². The largest absolute Gasteiger partial charge is 0.355 e. The average Bonchev–Trinajstić information content (AvgIpc) is 3.18. The molecule has 1 aliphatic heterocycles. The third kappa shape index (κ3) is 4.42. The second kappa shape index (κ2) is 7.56. The molecule has 1 fully saturated rings. The van der Waals surface area contributed by atoms with E-state index in [-0.39, 0.29) is 5.91 Å². The standard InChI is InChI=1S/C18H22N2OS/c21-18(10-16-7-9-22-14-16)19-11-17-6-8-20(13-17)12-15-4-2-1-3-5-15/h1-5,7,9,14,17H,6,8,10-13H2,(H,19,21)/t17-/m0/s1. The Morgan fingerprint density at radius 1 is 1.23 bits per heavy atom. The molecule has 1 amide bonds. The van der Waals surface area contributed by atoms with Crippen molar-refractivity contribution in [2.45, 2.75) is 19.4 Å². The highest BCUT2D eigenvalue weighted by molar-refractivity contribution is 7.07. The molecule has 0 unspecified atom stereocenters. The molecule has 1 atom stereocenters. The van der Waals surface area contributed by atoms with Gasteiger partial charge in [-0.1, -0.05) is 30.3 Å². The van der Waals surface area contributed by atoms with Gasteiger partial charge in [-0.05, 0) is 46.8 Å². The van der Waals surface area contributed by atoms with Crippen molar-refractivity contribution in [1.29, 1.82) is 0 Å². The van der Waals surface area contributed by atoms with Gasteiger partial charge >= 0.3 is 0 Å². The van der Waals surface area contributed by atoms with Crippen LogP contribution in [0.1, 0.15) is 17.5 Å². The summed E-state index contributed by atoms with van der Waals surface area (Å²) in [6.07, 6.45) is 1.68. The molecule has 1 aromatic heterocycles. The minimum Gasteiger partial charge on any atom is -0.355 e. The summed E-state index contributed by atoms with van der Waals surface area (Å²) in [5.74, 6) is 0.718. The van der Waals surface area contributed by atoms with Crippen molar-refractivity contribution in [3.05, 3.63) is 58.3 Å². The molecule has 2 heterocycles. The highest BCUT2D eigenvalue weighted by atomic mass is 32.1. The van der Waals surface area contributed by atoms with Gasteiger partial charge in [0.2, 0.25) is 5.91 Å². The summed E-state index contributed by atoms with van der Waals surface area (Å²) in [5.41, 5.74) is 2.48. The molecular formula is C18H22N2OS. The number of carbonyl (C=O) groups is 1. The number of amides is 1. The molecule has 2 aromatic rings. The average molecular weight is 314 g/mol. The molecule has 1 aliphatic rings. The molecule has 22 heavy (non-hydrogen) atoms. The van der Waals surface area contributed by atoms with Crippen molar-refractivity contribution < 1.29 is 4.79 Å². The molecule has 1 N–H and O–H groups in total. The number of carbonyl (C=O) groups excluding carboxylic acids is 1. The molecule has 1 saturated heterocycles. The minimum atomic E-state index is 0.139. The number of benzene rings is 1. The second-order valence-electron chi connectivity index (χ2n) is 5.99. The number of thiophene rings is 1. The lowest BCUT2D eigenvalue weighted by molar-refractivity contribution is -0.120. The Balaban J connectivity index is 1.38. The van der Waals surface area contributed by atoms with Crippen molar-refractivity contribution >= 4 is 17.2 Å². The smallest absolute Gasteiger partial charge is 0.224 e. The summed E-state index contributed by atoms with van der Waals surface area (Å²) in [4.78, 5) is 14.4. The zero-order chi connectivity index (χ0) is 15.2. The highest BCUT2D eigenvalue weighted by Gasteiger charge is 2.22. The number of nitrogens with zero attached hydrogens (tertiary/aromatic N) is 1. The van der Waals surface area contributed by atoms with E-state index in [0.29, 0.717) is 12.3 Å². The van der Waals surface area contributed by atoms with Crippen LogP contribution in [0.3, 0.4) is 0 Å². The van der Waals surface area contributed by atoms with Gasteiger partial charge in [0.1, 0.15) is 0 Å². The van der Waals surface area contributed by atoms with Crippen molar-refractivity contribution in [2.24, 2.45) is 5.92 Å². The van der Waals surface area contributed by atoms with Gasteiger partial charge in [0.05, 0.1) is 6.42 Å². The fourth-order valence-corrected chi connectivity index (χ4v) is 3.63. The van der Waals surface area contributed by atoms with Gasteiger partial charge in [0.25, 0.3) is 0 Å². The summed E-state index contributed by atoms with van der Waals surface area (Å²) in [6, 6.07) is 12.6. The molecule has 1 aromatic carbocycles. The topological polar surface area (TPSA) is 32.3 Å². The molecule has 0 aliphatic carbocycles. The van der Waals surface area contributed by atoms with Crippen LogP contribution < -0.4 is 5.32 Å². The van der Waals surface area contributed by atoms with Crippen molar-refractivity contribution in [3.63, 3.8) is 0 Å². The van der Waals surface area contributed by atoms with Crippen LogP contribution in [0.5, 0.6) is 0 Å². The van der Waals surface area contributed by atoms with Crippen LogP contribution >= 0.6 is 11.3 Å². The molecule has 3 rings (SSSR count). The molecular weight excluding hydrogens is 292 g/mol. The lowest BCUT2D eigenvalue weighted by atomic mass is 10.1. The predicted molar refractivity (Wildman–Crippen MR) is 90.9 cm³/mol. The number of likely N-dealkylation sites (tertiary alicyclic amines) is 1. The SMILES string of the molecule is O=C(Cc1ccsc1)NC[C@@H]1CCN(Cc2ccccc2)C1. The Morgan fingerprint density at radius 3 is 2.86 bits per heavy atom. The van der Waals surface area contributed by atoms with Gasteiger partial charge < -0.3 is 5.32 Å².